The van der Waals surface area contributed by atoms with E-state index in [1.807, 2.05) is 43.3 Å². The summed E-state index contributed by atoms with van der Waals surface area (Å²) in [5.41, 5.74) is 9.57. The Morgan fingerprint density at radius 1 is 1.15 bits per heavy atom. The van der Waals surface area contributed by atoms with Crippen LogP contribution in [0.5, 0.6) is 0 Å². The van der Waals surface area contributed by atoms with Crippen molar-refractivity contribution >= 4 is 11.6 Å². The van der Waals surface area contributed by atoms with Gasteiger partial charge in [-0.1, -0.05) is 29.8 Å². The molecule has 0 bridgehead atoms. The molecule has 6 nitrogen and oxygen atoms in total. The first-order valence-corrected chi connectivity index (χ1v) is 8.28. The minimum absolute atomic E-state index is 0.170. The number of aryl methyl sites for hydroxylation is 1. The molecule has 1 aromatic carbocycles. The fraction of sp³-hybridized carbons (Fsp3) is 0.150. The van der Waals surface area contributed by atoms with E-state index in [2.05, 4.69) is 15.3 Å². The van der Waals surface area contributed by atoms with Crippen molar-refractivity contribution in [3.05, 3.63) is 82.5 Å². The maximum Gasteiger partial charge on any atom is 0.271 e. The van der Waals surface area contributed by atoms with Crippen molar-refractivity contribution < 1.29 is 4.79 Å². The second-order valence-electron chi connectivity index (χ2n) is 6.15. The third-order valence-electron chi connectivity index (χ3n) is 4.09. The van der Waals surface area contributed by atoms with Gasteiger partial charge in [0, 0.05) is 24.2 Å². The van der Waals surface area contributed by atoms with Crippen LogP contribution in [-0.2, 0) is 11.2 Å². The molecule has 3 rings (SSSR count). The fourth-order valence-corrected chi connectivity index (χ4v) is 2.58. The third kappa shape index (κ3) is 4.23. The molecule has 0 spiro atoms. The number of pyridine rings is 2. The molecule has 6 heteroatoms. The molecular formula is C20H20N4O2. The van der Waals surface area contributed by atoms with E-state index < -0.39 is 11.9 Å². The van der Waals surface area contributed by atoms with E-state index in [1.165, 1.54) is 0 Å². The van der Waals surface area contributed by atoms with E-state index in [0.717, 1.165) is 22.3 Å². The highest BCUT2D eigenvalue weighted by Gasteiger charge is 2.16. The van der Waals surface area contributed by atoms with Crippen molar-refractivity contribution in [2.24, 2.45) is 5.73 Å². The van der Waals surface area contributed by atoms with Gasteiger partial charge in [-0.05, 0) is 42.7 Å². The molecule has 0 fully saturated rings. The van der Waals surface area contributed by atoms with Gasteiger partial charge in [-0.2, -0.15) is 0 Å². The number of nitrogens with zero attached hydrogens (tertiary/aromatic N) is 1. The van der Waals surface area contributed by atoms with E-state index in [1.54, 1.807) is 24.7 Å². The number of anilines is 1. The number of aromatic nitrogens is 2. The van der Waals surface area contributed by atoms with Gasteiger partial charge in [-0.25, -0.2) is 0 Å². The van der Waals surface area contributed by atoms with Gasteiger partial charge in [0.2, 0.25) is 5.91 Å². The minimum Gasteiger partial charge on any atom is -0.327 e. The molecule has 1 atom stereocenters. The average molecular weight is 348 g/mol. The largest absolute Gasteiger partial charge is 0.327 e. The number of carbonyl (C=O) groups excluding carboxylic acids is 1. The van der Waals surface area contributed by atoms with Gasteiger partial charge in [-0.3, -0.25) is 14.6 Å². The number of nitrogens with two attached hydrogens (primary N) is 1. The van der Waals surface area contributed by atoms with Crippen molar-refractivity contribution in [3.63, 3.8) is 0 Å². The zero-order valence-electron chi connectivity index (χ0n) is 14.4. The lowest BCUT2D eigenvalue weighted by atomic mass is 10.0. The Morgan fingerprint density at radius 3 is 2.54 bits per heavy atom. The summed E-state index contributed by atoms with van der Waals surface area (Å²) in [5, 5.41) is 2.63. The van der Waals surface area contributed by atoms with Crippen LogP contribution in [0.4, 0.5) is 5.69 Å². The van der Waals surface area contributed by atoms with Crippen LogP contribution in [0.25, 0.3) is 11.1 Å². The minimum atomic E-state index is -0.748. The predicted molar refractivity (Wildman–Crippen MR) is 102 cm³/mol. The van der Waals surface area contributed by atoms with Gasteiger partial charge in [0.25, 0.3) is 5.56 Å². The molecule has 0 aliphatic carbocycles. The first-order chi connectivity index (χ1) is 12.5. The Labute approximate surface area is 151 Å². The monoisotopic (exact) mass is 348 g/mol. The molecule has 132 valence electrons. The highest BCUT2D eigenvalue weighted by Crippen LogP contribution is 2.18. The highest BCUT2D eigenvalue weighted by atomic mass is 16.2. The summed E-state index contributed by atoms with van der Waals surface area (Å²) in [6, 6.07) is 12.4. The van der Waals surface area contributed by atoms with Gasteiger partial charge in [0.15, 0.2) is 0 Å². The van der Waals surface area contributed by atoms with Crippen LogP contribution in [0.2, 0.25) is 0 Å². The van der Waals surface area contributed by atoms with E-state index in [0.29, 0.717) is 6.42 Å². The zero-order valence-corrected chi connectivity index (χ0v) is 14.4. The molecule has 0 aliphatic rings. The third-order valence-corrected chi connectivity index (χ3v) is 4.09. The van der Waals surface area contributed by atoms with E-state index >= 15 is 0 Å². The lowest BCUT2D eigenvalue weighted by Crippen LogP contribution is -2.38. The summed E-state index contributed by atoms with van der Waals surface area (Å²) < 4.78 is 0. The Morgan fingerprint density at radius 2 is 1.85 bits per heavy atom. The topological polar surface area (TPSA) is 101 Å². The van der Waals surface area contributed by atoms with Crippen LogP contribution in [0, 0.1) is 6.92 Å². The normalized spacial score (nSPS) is 11.8. The highest BCUT2D eigenvalue weighted by molar-refractivity contribution is 5.95. The number of amides is 1. The SMILES string of the molecule is Cc1ccc(C[C@H](N)C(=O)Nc2cc(-c3ccncc3)c[nH]c2=O)cc1. The summed E-state index contributed by atoms with van der Waals surface area (Å²) in [7, 11) is 0. The second-order valence-corrected chi connectivity index (χ2v) is 6.15. The fourth-order valence-electron chi connectivity index (χ4n) is 2.58. The lowest BCUT2D eigenvalue weighted by molar-refractivity contribution is -0.117. The van der Waals surface area contributed by atoms with Gasteiger partial charge in [-0.15, -0.1) is 0 Å². The number of hydrogen-bond donors (Lipinski definition) is 3. The summed E-state index contributed by atoms with van der Waals surface area (Å²) in [5.74, 6) is -0.400. The molecule has 0 saturated heterocycles. The maximum absolute atomic E-state index is 12.4. The quantitative estimate of drug-likeness (QED) is 0.658. The molecule has 0 aliphatic heterocycles. The molecule has 4 N–H and O–H groups in total. The molecule has 0 saturated carbocycles. The van der Waals surface area contributed by atoms with Crippen molar-refractivity contribution in [1.29, 1.82) is 0 Å². The van der Waals surface area contributed by atoms with Crippen LogP contribution in [-0.4, -0.2) is 21.9 Å². The van der Waals surface area contributed by atoms with Crippen molar-refractivity contribution in [2.75, 3.05) is 5.32 Å². The second kappa shape index (κ2) is 7.76. The Hall–Kier alpha value is -3.25. The summed E-state index contributed by atoms with van der Waals surface area (Å²) >= 11 is 0. The molecule has 3 aromatic rings. The van der Waals surface area contributed by atoms with Crippen LogP contribution in [0.1, 0.15) is 11.1 Å². The Kier molecular flexibility index (Phi) is 5.24. The van der Waals surface area contributed by atoms with Crippen LogP contribution in [0.3, 0.4) is 0 Å². The summed E-state index contributed by atoms with van der Waals surface area (Å²) in [4.78, 5) is 31.0. The summed E-state index contributed by atoms with van der Waals surface area (Å²) in [6.45, 7) is 2.00. The molecule has 26 heavy (non-hydrogen) atoms. The van der Waals surface area contributed by atoms with E-state index in [-0.39, 0.29) is 11.2 Å². The van der Waals surface area contributed by atoms with Crippen molar-refractivity contribution in [3.8, 4) is 11.1 Å². The average Bonchev–Trinajstić information content (AvgIpc) is 2.66. The smallest absolute Gasteiger partial charge is 0.271 e. The van der Waals surface area contributed by atoms with Crippen LogP contribution >= 0.6 is 0 Å². The number of benzene rings is 1. The first kappa shape index (κ1) is 17.6. The van der Waals surface area contributed by atoms with Crippen molar-refractivity contribution in [2.45, 2.75) is 19.4 Å². The van der Waals surface area contributed by atoms with Crippen LogP contribution in [0.15, 0.2) is 65.8 Å². The van der Waals surface area contributed by atoms with Crippen molar-refractivity contribution in [1.82, 2.24) is 9.97 Å². The first-order valence-electron chi connectivity index (χ1n) is 8.28. The summed E-state index contributed by atoms with van der Waals surface area (Å²) in [6.07, 6.45) is 5.32. The molecule has 2 aromatic heterocycles. The molecule has 1 amide bonds. The number of hydrogen-bond acceptors (Lipinski definition) is 4. The number of H-pyrrole nitrogens is 1. The lowest BCUT2D eigenvalue weighted by Gasteiger charge is -2.13. The number of carbonyl (C=O) groups is 1. The number of rotatable bonds is 5. The van der Waals surface area contributed by atoms with E-state index in [9.17, 15) is 9.59 Å². The standard InChI is InChI=1S/C20H20N4O2/c1-13-2-4-14(5-3-13)10-17(21)19(25)24-18-11-16(12-23-20(18)26)15-6-8-22-9-7-15/h2-9,11-12,17H,10,21H2,1H3,(H,23,26)(H,24,25)/t17-/m0/s1. The van der Waals surface area contributed by atoms with Gasteiger partial charge in [0.1, 0.15) is 5.69 Å². The van der Waals surface area contributed by atoms with Gasteiger partial charge in [0.05, 0.1) is 6.04 Å². The number of nitrogens with one attached hydrogen (secondary N) is 2. The Balaban J connectivity index is 1.74. The molecule has 0 radical (unpaired) electrons. The number of aromatic amines is 1. The Bertz CT molecular complexity index is 950. The molecular weight excluding hydrogens is 328 g/mol. The van der Waals surface area contributed by atoms with Gasteiger partial charge < -0.3 is 16.0 Å². The van der Waals surface area contributed by atoms with Crippen LogP contribution < -0.4 is 16.6 Å². The maximum atomic E-state index is 12.4. The van der Waals surface area contributed by atoms with Gasteiger partial charge >= 0.3 is 0 Å². The molecule has 2 heterocycles. The molecule has 0 unspecified atom stereocenters. The predicted octanol–water partition coefficient (Wildman–Crippen LogP) is 2.25. The zero-order chi connectivity index (χ0) is 18.5. The van der Waals surface area contributed by atoms with E-state index in [4.69, 9.17) is 5.73 Å².